The molecule has 4 heteroatoms. The van der Waals surface area contributed by atoms with Gasteiger partial charge in [0.05, 0.1) is 19.1 Å². The van der Waals surface area contributed by atoms with Crippen LogP contribution in [0.3, 0.4) is 0 Å². The highest BCUT2D eigenvalue weighted by molar-refractivity contribution is 6.18. The number of hydrogen-bond acceptors (Lipinski definition) is 3. The van der Waals surface area contributed by atoms with Gasteiger partial charge in [-0.05, 0) is 6.92 Å². The minimum absolute atomic E-state index is 0.00746. The largest absolute Gasteiger partial charge is 0.394 e. The van der Waals surface area contributed by atoms with Gasteiger partial charge in [-0.1, -0.05) is 0 Å². The number of aliphatic hydroxyl groups is 1. The van der Waals surface area contributed by atoms with Crippen molar-refractivity contribution >= 4 is 11.6 Å². The predicted octanol–water partition coefficient (Wildman–Crippen LogP) is 0.349. The molecule has 1 fully saturated rings. The Bertz CT molecular complexity index is 120. The summed E-state index contributed by atoms with van der Waals surface area (Å²) in [5.74, 6) is -0.390. The number of rotatable bonds is 2. The highest BCUT2D eigenvalue weighted by Crippen LogP contribution is 2.23. The first-order chi connectivity index (χ1) is 4.70. The Labute approximate surface area is 64.9 Å². The van der Waals surface area contributed by atoms with E-state index in [4.69, 9.17) is 26.2 Å². The maximum atomic E-state index is 8.65. The first-order valence-corrected chi connectivity index (χ1v) is 3.72. The summed E-state index contributed by atoms with van der Waals surface area (Å²) in [6.07, 6.45) is -0.205. The fourth-order valence-electron chi connectivity index (χ4n) is 0.850. The molecule has 10 heavy (non-hydrogen) atoms. The molecule has 1 rings (SSSR count). The highest BCUT2D eigenvalue weighted by atomic mass is 35.5. The second-order valence-corrected chi connectivity index (χ2v) is 2.77. The monoisotopic (exact) mass is 166 g/mol. The van der Waals surface area contributed by atoms with Crippen molar-refractivity contribution in [2.75, 3.05) is 19.1 Å². The number of halogens is 1. The molecule has 0 radical (unpaired) electrons. The van der Waals surface area contributed by atoms with E-state index in [1.54, 1.807) is 6.92 Å². The van der Waals surface area contributed by atoms with Crippen LogP contribution >= 0.6 is 11.6 Å². The topological polar surface area (TPSA) is 38.7 Å². The van der Waals surface area contributed by atoms with Gasteiger partial charge in [0, 0.05) is 0 Å². The Morgan fingerprint density at radius 3 is 2.80 bits per heavy atom. The summed E-state index contributed by atoms with van der Waals surface area (Å²) < 4.78 is 10.4. The van der Waals surface area contributed by atoms with Crippen LogP contribution in [0.4, 0.5) is 0 Å². The summed E-state index contributed by atoms with van der Waals surface area (Å²) in [7, 11) is 0. The molecule has 1 saturated heterocycles. The lowest BCUT2D eigenvalue weighted by atomic mass is 10.4. The average Bonchev–Trinajstić information content (AvgIpc) is 2.33. The second-order valence-electron chi connectivity index (χ2n) is 2.50. The molecule has 2 atom stereocenters. The zero-order valence-electron chi connectivity index (χ0n) is 5.84. The molecule has 0 bridgehead atoms. The van der Waals surface area contributed by atoms with E-state index in [1.807, 2.05) is 0 Å². The lowest BCUT2D eigenvalue weighted by molar-refractivity contribution is -0.139. The zero-order chi connectivity index (χ0) is 7.61. The molecule has 0 amide bonds. The molecule has 1 aliphatic rings. The van der Waals surface area contributed by atoms with Crippen LogP contribution < -0.4 is 0 Å². The van der Waals surface area contributed by atoms with E-state index in [-0.39, 0.29) is 12.7 Å². The Balaban J connectivity index is 2.41. The average molecular weight is 167 g/mol. The molecule has 60 valence electrons. The fourth-order valence-corrected chi connectivity index (χ4v) is 0.990. The number of ether oxygens (including phenoxy) is 2. The summed E-state index contributed by atoms with van der Waals surface area (Å²) in [6.45, 7) is 2.18. The van der Waals surface area contributed by atoms with Gasteiger partial charge in [0.1, 0.15) is 6.10 Å². The minimum atomic E-state index is -0.686. The van der Waals surface area contributed by atoms with Crippen LogP contribution in [0.15, 0.2) is 0 Å². The molecular weight excluding hydrogens is 156 g/mol. The van der Waals surface area contributed by atoms with Crippen molar-refractivity contribution in [1.29, 1.82) is 0 Å². The summed E-state index contributed by atoms with van der Waals surface area (Å²) in [4.78, 5) is 0. The first kappa shape index (κ1) is 8.27. The van der Waals surface area contributed by atoms with Crippen molar-refractivity contribution in [1.82, 2.24) is 0 Å². The van der Waals surface area contributed by atoms with Gasteiger partial charge in [0.25, 0.3) is 0 Å². The van der Waals surface area contributed by atoms with E-state index in [0.717, 1.165) is 0 Å². The van der Waals surface area contributed by atoms with E-state index in [9.17, 15) is 0 Å². The molecule has 0 unspecified atom stereocenters. The van der Waals surface area contributed by atoms with Gasteiger partial charge >= 0.3 is 0 Å². The number of hydrogen-bond donors (Lipinski definition) is 1. The lowest BCUT2D eigenvalue weighted by Gasteiger charge is -2.19. The van der Waals surface area contributed by atoms with E-state index < -0.39 is 5.79 Å². The van der Waals surface area contributed by atoms with Crippen LogP contribution in [-0.4, -0.2) is 36.1 Å². The SMILES string of the molecule is C[C@@]1(CCl)OC[C@H](CO)O1. The zero-order valence-corrected chi connectivity index (χ0v) is 6.60. The summed E-state index contributed by atoms with van der Waals surface area (Å²) in [6, 6.07) is 0. The summed E-state index contributed by atoms with van der Waals surface area (Å²) in [5, 5.41) is 8.65. The van der Waals surface area contributed by atoms with Gasteiger partial charge in [0.15, 0.2) is 5.79 Å². The van der Waals surface area contributed by atoms with Crippen molar-refractivity contribution in [3.63, 3.8) is 0 Å². The van der Waals surface area contributed by atoms with Crippen molar-refractivity contribution < 1.29 is 14.6 Å². The van der Waals surface area contributed by atoms with Crippen molar-refractivity contribution in [3.8, 4) is 0 Å². The summed E-state index contributed by atoms with van der Waals surface area (Å²) in [5.41, 5.74) is 0. The maximum Gasteiger partial charge on any atom is 0.179 e. The van der Waals surface area contributed by atoms with E-state index >= 15 is 0 Å². The van der Waals surface area contributed by atoms with Gasteiger partial charge in [-0.25, -0.2) is 0 Å². The number of aliphatic hydroxyl groups excluding tert-OH is 1. The van der Waals surface area contributed by atoms with Crippen LogP contribution in [0.1, 0.15) is 6.92 Å². The van der Waals surface area contributed by atoms with E-state index in [1.165, 1.54) is 0 Å². The minimum Gasteiger partial charge on any atom is -0.394 e. The van der Waals surface area contributed by atoms with E-state index in [2.05, 4.69) is 0 Å². The van der Waals surface area contributed by atoms with Gasteiger partial charge in [-0.3, -0.25) is 0 Å². The summed E-state index contributed by atoms with van der Waals surface area (Å²) >= 11 is 5.54. The first-order valence-electron chi connectivity index (χ1n) is 3.19. The fraction of sp³-hybridized carbons (Fsp3) is 1.00. The Morgan fingerprint density at radius 2 is 2.50 bits per heavy atom. The Morgan fingerprint density at radius 1 is 1.80 bits per heavy atom. The van der Waals surface area contributed by atoms with Crippen LogP contribution in [0.2, 0.25) is 0 Å². The second kappa shape index (κ2) is 3.05. The van der Waals surface area contributed by atoms with E-state index in [0.29, 0.717) is 12.5 Å². The highest BCUT2D eigenvalue weighted by Gasteiger charge is 2.35. The third-order valence-corrected chi connectivity index (χ3v) is 1.92. The van der Waals surface area contributed by atoms with Gasteiger partial charge < -0.3 is 14.6 Å². The van der Waals surface area contributed by atoms with Crippen molar-refractivity contribution in [2.45, 2.75) is 18.8 Å². The van der Waals surface area contributed by atoms with Crippen LogP contribution in [0, 0.1) is 0 Å². The normalized spacial score (nSPS) is 40.5. The smallest absolute Gasteiger partial charge is 0.179 e. The predicted molar refractivity (Wildman–Crippen MR) is 37.0 cm³/mol. The number of alkyl halides is 1. The molecule has 1 N–H and O–H groups in total. The molecule has 0 aliphatic carbocycles. The molecule has 1 heterocycles. The van der Waals surface area contributed by atoms with Crippen molar-refractivity contribution in [3.05, 3.63) is 0 Å². The molecule has 0 saturated carbocycles. The van der Waals surface area contributed by atoms with Gasteiger partial charge in [0.2, 0.25) is 0 Å². The molecule has 0 spiro atoms. The van der Waals surface area contributed by atoms with Crippen LogP contribution in [0.25, 0.3) is 0 Å². The molecule has 0 aromatic rings. The molecule has 3 nitrogen and oxygen atoms in total. The molecule has 0 aromatic carbocycles. The van der Waals surface area contributed by atoms with Gasteiger partial charge in [-0.15, -0.1) is 11.6 Å². The Hall–Kier alpha value is 0.170. The van der Waals surface area contributed by atoms with Crippen LogP contribution in [-0.2, 0) is 9.47 Å². The standard InChI is InChI=1S/C6H11ClO3/c1-6(4-7)9-3-5(2-8)10-6/h5,8H,2-4H2,1H3/t5-,6+/m0/s1. The van der Waals surface area contributed by atoms with Gasteiger partial charge in [-0.2, -0.15) is 0 Å². The quantitative estimate of drug-likeness (QED) is 0.602. The lowest BCUT2D eigenvalue weighted by Crippen LogP contribution is -2.29. The maximum absolute atomic E-state index is 8.65. The molecule has 0 aromatic heterocycles. The third kappa shape index (κ3) is 1.61. The third-order valence-electron chi connectivity index (χ3n) is 1.44. The van der Waals surface area contributed by atoms with Crippen LogP contribution in [0.5, 0.6) is 0 Å². The molecule has 1 aliphatic heterocycles. The van der Waals surface area contributed by atoms with Crippen molar-refractivity contribution in [2.24, 2.45) is 0 Å². The molecular formula is C6H11ClO3. The Kier molecular flexibility index (Phi) is 2.52.